The molecule has 0 bridgehead atoms. The molecular weight excluding hydrogens is 310 g/mol. The van der Waals surface area contributed by atoms with Gasteiger partial charge in [-0.1, -0.05) is 0 Å². The van der Waals surface area contributed by atoms with E-state index in [0.29, 0.717) is 10.2 Å². The summed E-state index contributed by atoms with van der Waals surface area (Å²) in [6.45, 7) is 0.199. The summed E-state index contributed by atoms with van der Waals surface area (Å²) in [5.74, 6) is -1.55. The van der Waals surface area contributed by atoms with Crippen molar-refractivity contribution in [2.45, 2.75) is 12.6 Å². The van der Waals surface area contributed by atoms with Gasteiger partial charge in [-0.05, 0) is 11.4 Å². The number of thiophene rings is 1. The fourth-order valence-corrected chi connectivity index (χ4v) is 3.07. The number of carbonyl (C=O) groups is 2. The van der Waals surface area contributed by atoms with Crippen LogP contribution in [-0.2, 0) is 20.9 Å². The Bertz CT molecular complexity index is 783. The van der Waals surface area contributed by atoms with E-state index >= 15 is 0 Å². The Morgan fingerprint density at radius 2 is 2.32 bits per heavy atom. The lowest BCUT2D eigenvalue weighted by atomic mass is 10.2. The first kappa shape index (κ1) is 14.7. The highest BCUT2D eigenvalue weighted by Gasteiger charge is 2.32. The van der Waals surface area contributed by atoms with E-state index in [1.54, 1.807) is 11.4 Å². The number of aromatic nitrogens is 2. The quantitative estimate of drug-likeness (QED) is 0.837. The van der Waals surface area contributed by atoms with Crippen LogP contribution in [0.4, 0.5) is 0 Å². The van der Waals surface area contributed by atoms with E-state index in [-0.39, 0.29) is 31.9 Å². The van der Waals surface area contributed by atoms with Crippen LogP contribution in [0, 0.1) is 0 Å². The van der Waals surface area contributed by atoms with Gasteiger partial charge >= 0.3 is 5.97 Å². The van der Waals surface area contributed by atoms with Crippen LogP contribution in [-0.4, -0.2) is 57.2 Å². The number of nitrogens with zero attached hydrogens (tertiary/aromatic N) is 3. The summed E-state index contributed by atoms with van der Waals surface area (Å²) >= 11 is 1.35. The van der Waals surface area contributed by atoms with E-state index in [2.05, 4.69) is 4.98 Å². The van der Waals surface area contributed by atoms with Crippen molar-refractivity contribution < 1.29 is 19.4 Å². The molecule has 1 aliphatic heterocycles. The lowest BCUT2D eigenvalue weighted by Crippen LogP contribution is -2.53. The molecule has 1 amide bonds. The number of hydrogen-bond acceptors (Lipinski definition) is 6. The number of aliphatic carboxylic acids is 1. The van der Waals surface area contributed by atoms with Crippen molar-refractivity contribution in [1.82, 2.24) is 14.5 Å². The van der Waals surface area contributed by atoms with Crippen molar-refractivity contribution in [3.8, 4) is 0 Å². The minimum atomic E-state index is -1.12. The fraction of sp³-hybridized carbons (Fsp3) is 0.385. The van der Waals surface area contributed by atoms with Crippen LogP contribution in [0.1, 0.15) is 0 Å². The Balaban J connectivity index is 1.84. The van der Waals surface area contributed by atoms with E-state index < -0.39 is 17.9 Å². The number of hydrogen-bond donors (Lipinski definition) is 1. The molecule has 0 spiro atoms. The summed E-state index contributed by atoms with van der Waals surface area (Å²) in [5, 5.41) is 11.4. The van der Waals surface area contributed by atoms with E-state index in [1.807, 2.05) is 0 Å². The predicted octanol–water partition coefficient (Wildman–Crippen LogP) is -0.230. The van der Waals surface area contributed by atoms with Crippen LogP contribution >= 0.6 is 11.3 Å². The zero-order valence-electron chi connectivity index (χ0n) is 11.5. The SMILES string of the molecule is O=C(O)C1COCCN1C(=O)Cn1cnc2sccc2c1=O. The molecule has 0 aliphatic carbocycles. The highest BCUT2D eigenvalue weighted by atomic mass is 32.1. The van der Waals surface area contributed by atoms with Gasteiger partial charge in [0, 0.05) is 6.54 Å². The Morgan fingerprint density at radius 3 is 3.09 bits per heavy atom. The van der Waals surface area contributed by atoms with Crippen molar-refractivity contribution in [2.24, 2.45) is 0 Å². The number of amides is 1. The van der Waals surface area contributed by atoms with Crippen molar-refractivity contribution in [3.63, 3.8) is 0 Å². The van der Waals surface area contributed by atoms with E-state index in [0.717, 1.165) is 0 Å². The maximum Gasteiger partial charge on any atom is 0.328 e. The van der Waals surface area contributed by atoms with Crippen LogP contribution in [0.5, 0.6) is 0 Å². The van der Waals surface area contributed by atoms with Gasteiger partial charge in [-0.3, -0.25) is 14.2 Å². The van der Waals surface area contributed by atoms with Crippen molar-refractivity contribution in [1.29, 1.82) is 0 Å². The third-order valence-electron chi connectivity index (χ3n) is 3.49. The first-order chi connectivity index (χ1) is 10.6. The lowest BCUT2D eigenvalue weighted by Gasteiger charge is -2.32. The summed E-state index contributed by atoms with van der Waals surface area (Å²) in [4.78, 5) is 41.7. The Morgan fingerprint density at radius 1 is 1.50 bits per heavy atom. The molecule has 2 aromatic rings. The molecule has 3 heterocycles. The average Bonchev–Trinajstić information content (AvgIpc) is 2.99. The number of carboxylic acids is 1. The molecule has 1 atom stereocenters. The van der Waals surface area contributed by atoms with Gasteiger partial charge in [0.2, 0.25) is 5.91 Å². The van der Waals surface area contributed by atoms with Crippen molar-refractivity contribution in [2.75, 3.05) is 19.8 Å². The third-order valence-corrected chi connectivity index (χ3v) is 4.31. The minimum absolute atomic E-state index is 0.0439. The van der Waals surface area contributed by atoms with Crippen LogP contribution in [0.15, 0.2) is 22.6 Å². The third kappa shape index (κ3) is 2.60. The standard InChI is InChI=1S/C13H13N3O5S/c17-10(16-2-3-21-6-9(16)13(19)20)5-15-7-14-11-8(12(15)18)1-4-22-11/h1,4,7,9H,2-3,5-6H2,(H,19,20). The summed E-state index contributed by atoms with van der Waals surface area (Å²) in [6, 6.07) is 0.639. The fourth-order valence-electron chi connectivity index (χ4n) is 2.35. The molecule has 116 valence electrons. The van der Waals surface area contributed by atoms with Gasteiger partial charge in [0.1, 0.15) is 11.4 Å². The number of ether oxygens (including phenoxy) is 1. The van der Waals surface area contributed by atoms with Crippen molar-refractivity contribution in [3.05, 3.63) is 28.1 Å². The largest absolute Gasteiger partial charge is 0.480 e. The van der Waals surface area contributed by atoms with Gasteiger partial charge in [0.05, 0.1) is 24.9 Å². The maximum atomic E-state index is 12.3. The first-order valence-corrected chi connectivity index (χ1v) is 7.48. The Hall–Kier alpha value is -2.26. The number of fused-ring (bicyclic) bond motifs is 1. The van der Waals surface area contributed by atoms with Crippen molar-refractivity contribution >= 4 is 33.4 Å². The highest BCUT2D eigenvalue weighted by Crippen LogP contribution is 2.14. The summed E-state index contributed by atoms with van der Waals surface area (Å²) in [7, 11) is 0. The van der Waals surface area contributed by atoms with E-state index in [1.165, 1.54) is 27.1 Å². The number of carbonyl (C=O) groups excluding carboxylic acids is 1. The van der Waals surface area contributed by atoms with Crippen LogP contribution in [0.2, 0.25) is 0 Å². The Labute approximate surface area is 128 Å². The zero-order valence-corrected chi connectivity index (χ0v) is 12.3. The van der Waals surface area contributed by atoms with Crippen LogP contribution < -0.4 is 5.56 Å². The normalized spacial score (nSPS) is 18.5. The molecule has 0 aromatic carbocycles. The monoisotopic (exact) mass is 323 g/mol. The zero-order chi connectivity index (χ0) is 15.7. The number of carboxylic acid groups (broad SMARTS) is 1. The molecule has 9 heteroatoms. The number of rotatable bonds is 3. The van der Waals surface area contributed by atoms with Gasteiger partial charge in [-0.25, -0.2) is 9.78 Å². The van der Waals surface area contributed by atoms with Gasteiger partial charge < -0.3 is 14.7 Å². The lowest BCUT2D eigenvalue weighted by molar-refractivity contribution is -0.158. The van der Waals surface area contributed by atoms with Gasteiger partial charge in [0.15, 0.2) is 6.04 Å². The smallest absolute Gasteiger partial charge is 0.328 e. The first-order valence-electron chi connectivity index (χ1n) is 6.60. The van der Waals surface area contributed by atoms with E-state index in [9.17, 15) is 14.4 Å². The molecule has 1 aliphatic rings. The molecule has 1 unspecified atom stereocenters. The minimum Gasteiger partial charge on any atom is -0.480 e. The van der Waals surface area contributed by atoms with Gasteiger partial charge in [-0.2, -0.15) is 0 Å². The average molecular weight is 323 g/mol. The molecule has 2 aromatic heterocycles. The molecule has 1 N–H and O–H groups in total. The topological polar surface area (TPSA) is 102 Å². The number of morpholine rings is 1. The van der Waals surface area contributed by atoms with Crippen LogP contribution in [0.25, 0.3) is 10.2 Å². The van der Waals surface area contributed by atoms with Crippen LogP contribution in [0.3, 0.4) is 0 Å². The molecule has 3 rings (SSSR count). The Kier molecular flexibility index (Phi) is 3.90. The molecular formula is C13H13N3O5S. The summed E-state index contributed by atoms with van der Waals surface area (Å²) in [6.07, 6.45) is 1.31. The summed E-state index contributed by atoms with van der Waals surface area (Å²) < 4.78 is 6.29. The van der Waals surface area contributed by atoms with E-state index in [4.69, 9.17) is 9.84 Å². The molecule has 22 heavy (non-hydrogen) atoms. The molecule has 0 radical (unpaired) electrons. The second-order valence-electron chi connectivity index (χ2n) is 4.83. The molecule has 8 nitrogen and oxygen atoms in total. The molecule has 1 saturated heterocycles. The predicted molar refractivity (Wildman–Crippen MR) is 77.8 cm³/mol. The van der Waals surface area contributed by atoms with Gasteiger partial charge in [0.25, 0.3) is 5.56 Å². The summed E-state index contributed by atoms with van der Waals surface area (Å²) in [5.41, 5.74) is -0.306. The van der Waals surface area contributed by atoms with Gasteiger partial charge in [-0.15, -0.1) is 11.3 Å². The second-order valence-corrected chi connectivity index (χ2v) is 5.73. The maximum absolute atomic E-state index is 12.3. The highest BCUT2D eigenvalue weighted by molar-refractivity contribution is 7.16. The molecule has 1 fully saturated rings. The molecule has 0 saturated carbocycles. The second kappa shape index (κ2) is 5.85.